The highest BCUT2D eigenvalue weighted by molar-refractivity contribution is 6.01. The first kappa shape index (κ1) is 24.8. The number of H-pyrrole nitrogens is 1. The zero-order chi connectivity index (χ0) is 23.3. The average molecular weight is 497 g/mol. The SMILES string of the molecule is CCON=Cc1ccc2c(-c3ccc4cc(OCCN5CCOCC5)ccc4n3)c(O)[nH]c2c1.Cl. The molecule has 0 radical (unpaired) electrons. The molecule has 0 atom stereocenters. The maximum Gasteiger partial charge on any atom is 0.199 e. The van der Waals surface area contributed by atoms with E-state index in [1.165, 1.54) is 0 Å². The Bertz CT molecular complexity index is 1320. The summed E-state index contributed by atoms with van der Waals surface area (Å²) in [6.07, 6.45) is 1.65. The number of benzene rings is 2. The fourth-order valence-corrected chi connectivity index (χ4v) is 4.16. The predicted octanol–water partition coefficient (Wildman–Crippen LogP) is 4.59. The van der Waals surface area contributed by atoms with Gasteiger partial charge < -0.3 is 24.4 Å². The van der Waals surface area contributed by atoms with Crippen LogP contribution in [0.3, 0.4) is 0 Å². The molecule has 1 aliphatic rings. The highest BCUT2D eigenvalue weighted by Crippen LogP contribution is 2.36. The Morgan fingerprint density at radius 1 is 1.14 bits per heavy atom. The summed E-state index contributed by atoms with van der Waals surface area (Å²) in [4.78, 5) is 15.2. The fraction of sp³-hybridized carbons (Fsp3) is 0.308. The third kappa shape index (κ3) is 5.67. The molecule has 0 spiro atoms. The number of fused-ring (bicyclic) bond motifs is 2. The number of rotatable bonds is 8. The molecule has 184 valence electrons. The maximum absolute atomic E-state index is 10.6. The number of aromatic hydroxyl groups is 1. The largest absolute Gasteiger partial charge is 0.494 e. The van der Waals surface area contributed by atoms with Crippen molar-refractivity contribution in [3.63, 3.8) is 0 Å². The van der Waals surface area contributed by atoms with E-state index >= 15 is 0 Å². The van der Waals surface area contributed by atoms with Gasteiger partial charge in [0.1, 0.15) is 19.0 Å². The van der Waals surface area contributed by atoms with Gasteiger partial charge >= 0.3 is 0 Å². The smallest absolute Gasteiger partial charge is 0.199 e. The summed E-state index contributed by atoms with van der Waals surface area (Å²) in [6, 6.07) is 15.6. The molecule has 35 heavy (non-hydrogen) atoms. The molecule has 2 N–H and O–H groups in total. The minimum atomic E-state index is 0. The molecule has 0 aliphatic carbocycles. The van der Waals surface area contributed by atoms with E-state index in [-0.39, 0.29) is 18.3 Å². The third-order valence-corrected chi connectivity index (χ3v) is 5.90. The molecule has 9 heteroatoms. The van der Waals surface area contributed by atoms with Gasteiger partial charge in [-0.15, -0.1) is 12.4 Å². The van der Waals surface area contributed by atoms with E-state index in [0.29, 0.717) is 24.5 Å². The number of halogens is 1. The summed E-state index contributed by atoms with van der Waals surface area (Å²) in [6.45, 7) is 7.41. The Labute approximate surface area is 209 Å². The number of morpholine rings is 1. The van der Waals surface area contributed by atoms with E-state index in [1.807, 2.05) is 55.5 Å². The van der Waals surface area contributed by atoms with E-state index in [2.05, 4.69) is 15.0 Å². The van der Waals surface area contributed by atoms with Crippen LogP contribution < -0.4 is 4.74 Å². The van der Waals surface area contributed by atoms with Gasteiger partial charge in [0.15, 0.2) is 5.88 Å². The Hall–Kier alpha value is -3.33. The van der Waals surface area contributed by atoms with Crippen LogP contribution in [0.4, 0.5) is 0 Å². The second kappa shape index (κ2) is 11.4. The first-order valence-electron chi connectivity index (χ1n) is 11.6. The van der Waals surface area contributed by atoms with Gasteiger partial charge in [-0.3, -0.25) is 4.90 Å². The first-order valence-corrected chi connectivity index (χ1v) is 11.6. The number of hydrogen-bond acceptors (Lipinski definition) is 7. The minimum absolute atomic E-state index is 0. The standard InChI is InChI=1S/C26H28N4O4.ClH/c1-2-34-27-17-18-3-6-21-24(15-18)29-26(31)25(21)23-7-4-19-16-20(5-8-22(19)28-23)33-14-11-30-9-12-32-13-10-30;/h3-8,15-17,29,31H,2,9-14H2,1H3;1H. The summed E-state index contributed by atoms with van der Waals surface area (Å²) in [7, 11) is 0. The van der Waals surface area contributed by atoms with Crippen molar-refractivity contribution in [3.8, 4) is 22.9 Å². The van der Waals surface area contributed by atoms with E-state index in [1.54, 1.807) is 6.21 Å². The van der Waals surface area contributed by atoms with Crippen molar-refractivity contribution < 1.29 is 19.4 Å². The van der Waals surface area contributed by atoms with Gasteiger partial charge in [-0.25, -0.2) is 4.98 Å². The van der Waals surface area contributed by atoms with Crippen LogP contribution in [0.2, 0.25) is 0 Å². The van der Waals surface area contributed by atoms with Crippen LogP contribution >= 0.6 is 12.4 Å². The molecule has 5 rings (SSSR count). The zero-order valence-electron chi connectivity index (χ0n) is 19.6. The van der Waals surface area contributed by atoms with Crippen LogP contribution in [-0.2, 0) is 9.57 Å². The lowest BCUT2D eigenvalue weighted by molar-refractivity contribution is 0.0322. The summed E-state index contributed by atoms with van der Waals surface area (Å²) in [5.74, 6) is 0.912. The normalized spacial score (nSPS) is 14.4. The Balaban J connectivity index is 0.00000289. The van der Waals surface area contributed by atoms with Crippen molar-refractivity contribution >= 4 is 40.4 Å². The second-order valence-electron chi connectivity index (χ2n) is 8.16. The second-order valence-corrected chi connectivity index (χ2v) is 8.16. The van der Waals surface area contributed by atoms with Crippen molar-refractivity contribution in [1.29, 1.82) is 0 Å². The number of nitrogens with one attached hydrogen (secondary N) is 1. The molecule has 0 saturated carbocycles. The molecule has 2 aromatic carbocycles. The highest BCUT2D eigenvalue weighted by Gasteiger charge is 2.15. The van der Waals surface area contributed by atoms with Gasteiger partial charge in [0, 0.05) is 35.9 Å². The number of nitrogens with zero attached hydrogens (tertiary/aromatic N) is 3. The van der Waals surface area contributed by atoms with Gasteiger partial charge in [0.05, 0.1) is 36.2 Å². The van der Waals surface area contributed by atoms with Crippen LogP contribution in [0.1, 0.15) is 12.5 Å². The van der Waals surface area contributed by atoms with Crippen LogP contribution in [0.5, 0.6) is 11.6 Å². The molecule has 0 bridgehead atoms. The highest BCUT2D eigenvalue weighted by atomic mass is 35.5. The maximum atomic E-state index is 10.6. The molecule has 8 nitrogen and oxygen atoms in total. The average Bonchev–Trinajstić information content (AvgIpc) is 3.19. The molecule has 3 heterocycles. The molecule has 2 aromatic heterocycles. The number of oxime groups is 1. The quantitative estimate of drug-likeness (QED) is 0.274. The van der Waals surface area contributed by atoms with E-state index < -0.39 is 0 Å². The molecule has 4 aromatic rings. The van der Waals surface area contributed by atoms with Crippen molar-refractivity contribution in [2.45, 2.75) is 6.92 Å². The molecular formula is C26H29ClN4O4. The lowest BCUT2D eigenvalue weighted by atomic mass is 10.1. The zero-order valence-corrected chi connectivity index (χ0v) is 20.4. The Morgan fingerprint density at radius 2 is 2.00 bits per heavy atom. The van der Waals surface area contributed by atoms with Crippen LogP contribution in [0.15, 0.2) is 53.7 Å². The number of aromatic nitrogens is 2. The number of aromatic amines is 1. The van der Waals surface area contributed by atoms with E-state index in [4.69, 9.17) is 19.3 Å². The number of pyridine rings is 1. The fourth-order valence-electron chi connectivity index (χ4n) is 4.16. The van der Waals surface area contributed by atoms with Crippen molar-refractivity contribution in [1.82, 2.24) is 14.9 Å². The Morgan fingerprint density at radius 3 is 2.83 bits per heavy atom. The third-order valence-electron chi connectivity index (χ3n) is 5.90. The summed E-state index contributed by atoms with van der Waals surface area (Å²) in [5, 5.41) is 16.4. The summed E-state index contributed by atoms with van der Waals surface area (Å²) in [5.41, 5.74) is 3.90. The molecule has 0 amide bonds. The van der Waals surface area contributed by atoms with Gasteiger partial charge in [-0.1, -0.05) is 23.4 Å². The predicted molar refractivity (Wildman–Crippen MR) is 140 cm³/mol. The van der Waals surface area contributed by atoms with Crippen molar-refractivity contribution in [2.24, 2.45) is 5.16 Å². The lowest BCUT2D eigenvalue weighted by Gasteiger charge is -2.26. The number of ether oxygens (including phenoxy) is 2. The van der Waals surface area contributed by atoms with Gasteiger partial charge in [-0.2, -0.15) is 0 Å². The summed E-state index contributed by atoms with van der Waals surface area (Å²) < 4.78 is 11.4. The minimum Gasteiger partial charge on any atom is -0.494 e. The topological polar surface area (TPSA) is 92.2 Å². The molecule has 0 unspecified atom stereocenters. The Kier molecular flexibility index (Phi) is 8.07. The molecule has 1 aliphatic heterocycles. The van der Waals surface area contributed by atoms with Crippen molar-refractivity contribution in [3.05, 3.63) is 54.1 Å². The molecule has 1 saturated heterocycles. The van der Waals surface area contributed by atoms with E-state index in [9.17, 15) is 5.11 Å². The monoisotopic (exact) mass is 496 g/mol. The van der Waals surface area contributed by atoms with Gasteiger partial charge in [-0.05, 0) is 42.8 Å². The molecular weight excluding hydrogens is 468 g/mol. The van der Waals surface area contributed by atoms with Crippen molar-refractivity contribution in [2.75, 3.05) is 46.1 Å². The van der Waals surface area contributed by atoms with Crippen LogP contribution in [0.25, 0.3) is 33.1 Å². The first-order chi connectivity index (χ1) is 16.7. The van der Waals surface area contributed by atoms with Crippen LogP contribution in [0, 0.1) is 0 Å². The van der Waals surface area contributed by atoms with Gasteiger partial charge in [0.25, 0.3) is 0 Å². The molecule has 1 fully saturated rings. The van der Waals surface area contributed by atoms with Crippen LogP contribution in [-0.4, -0.2) is 72.3 Å². The van der Waals surface area contributed by atoms with Gasteiger partial charge in [0.2, 0.25) is 0 Å². The number of hydrogen-bond donors (Lipinski definition) is 2. The lowest BCUT2D eigenvalue weighted by Crippen LogP contribution is -2.38. The van der Waals surface area contributed by atoms with E-state index in [0.717, 1.165) is 66.0 Å². The summed E-state index contributed by atoms with van der Waals surface area (Å²) >= 11 is 0.